The molecule has 168 valence electrons. The van der Waals surface area contributed by atoms with Crippen LogP contribution in [0.1, 0.15) is 19.3 Å². The molecule has 0 aliphatic carbocycles. The van der Waals surface area contributed by atoms with Crippen molar-refractivity contribution in [3.05, 3.63) is 24.1 Å². The largest absolute Gasteiger partial charge is 0.490 e. The van der Waals surface area contributed by atoms with Crippen molar-refractivity contribution in [1.29, 1.82) is 0 Å². The molecule has 0 saturated carbocycles. The molecule has 0 amide bonds. The van der Waals surface area contributed by atoms with Crippen LogP contribution in [-0.2, 0) is 14.3 Å². The number of aromatic nitrogens is 1. The normalized spacial score (nSPS) is 24.1. The highest BCUT2D eigenvalue weighted by Gasteiger charge is 2.54. The first-order valence-corrected chi connectivity index (χ1v) is 9.70. The van der Waals surface area contributed by atoms with Gasteiger partial charge in [-0.05, 0) is 31.4 Å². The van der Waals surface area contributed by atoms with Gasteiger partial charge < -0.3 is 19.3 Å². The van der Waals surface area contributed by atoms with Gasteiger partial charge in [0.1, 0.15) is 0 Å². The molecule has 0 radical (unpaired) electrons. The second kappa shape index (κ2) is 9.44. The number of likely N-dealkylation sites (tertiary alicyclic amines) is 1. The van der Waals surface area contributed by atoms with Crippen LogP contribution in [0.25, 0.3) is 0 Å². The highest BCUT2D eigenvalue weighted by molar-refractivity contribution is 5.73. The van der Waals surface area contributed by atoms with Crippen LogP contribution in [0.2, 0.25) is 0 Å². The lowest BCUT2D eigenvalue weighted by Gasteiger charge is -2.53. The topological polar surface area (TPSA) is 81.1 Å². The molecule has 1 aromatic heterocycles. The third-order valence-corrected chi connectivity index (χ3v) is 5.64. The minimum Gasteiger partial charge on any atom is -0.475 e. The molecular weight excluding hydrogens is 412 g/mol. The Morgan fingerprint density at radius 1 is 1.27 bits per heavy atom. The van der Waals surface area contributed by atoms with Gasteiger partial charge >= 0.3 is 12.1 Å². The Balaban J connectivity index is 0.000000318. The Morgan fingerprint density at radius 2 is 1.93 bits per heavy atom. The molecule has 4 heterocycles. The van der Waals surface area contributed by atoms with Gasteiger partial charge in [-0.25, -0.2) is 14.2 Å². The van der Waals surface area contributed by atoms with Crippen molar-refractivity contribution in [2.45, 2.75) is 37.1 Å². The number of nitrogens with zero attached hydrogens (tertiary/aromatic N) is 2. The number of aliphatic carboxylic acids is 1. The molecular formula is C19H24F4N2O5. The van der Waals surface area contributed by atoms with Crippen LogP contribution in [0.3, 0.4) is 0 Å². The van der Waals surface area contributed by atoms with Crippen molar-refractivity contribution in [3.8, 4) is 5.88 Å². The minimum atomic E-state index is -5.08. The summed E-state index contributed by atoms with van der Waals surface area (Å²) >= 11 is 0. The third kappa shape index (κ3) is 5.38. The summed E-state index contributed by atoms with van der Waals surface area (Å²) in [6, 6.07) is 3.56. The molecule has 1 spiro atoms. The zero-order valence-corrected chi connectivity index (χ0v) is 16.2. The Morgan fingerprint density at radius 3 is 2.53 bits per heavy atom. The molecule has 1 aromatic rings. The first-order valence-electron chi connectivity index (χ1n) is 9.70. The number of alkyl halides is 3. The maximum atomic E-state index is 13.6. The number of ether oxygens (including phenoxy) is 3. The van der Waals surface area contributed by atoms with Crippen molar-refractivity contribution in [3.63, 3.8) is 0 Å². The predicted octanol–water partition coefficient (Wildman–Crippen LogP) is 2.50. The SMILES string of the molecule is Fc1cccnc1OCC1CCOC12CN(C1CCOCC1)C2.O=C(O)C(F)(F)F. The fourth-order valence-corrected chi connectivity index (χ4v) is 3.98. The Hall–Kier alpha value is -1.98. The summed E-state index contributed by atoms with van der Waals surface area (Å²) in [5.41, 5.74) is -0.108. The van der Waals surface area contributed by atoms with E-state index < -0.39 is 18.0 Å². The summed E-state index contributed by atoms with van der Waals surface area (Å²) in [7, 11) is 0. The molecule has 0 bridgehead atoms. The fraction of sp³-hybridized carbons (Fsp3) is 0.684. The van der Waals surface area contributed by atoms with Crippen LogP contribution >= 0.6 is 0 Å². The van der Waals surface area contributed by atoms with Gasteiger partial charge in [-0.1, -0.05) is 0 Å². The molecule has 11 heteroatoms. The third-order valence-electron chi connectivity index (χ3n) is 5.64. The molecule has 1 unspecified atom stereocenters. The number of halogens is 4. The molecule has 3 aliphatic rings. The molecule has 3 fully saturated rings. The van der Waals surface area contributed by atoms with Crippen molar-refractivity contribution >= 4 is 5.97 Å². The van der Waals surface area contributed by atoms with Gasteiger partial charge in [0.25, 0.3) is 0 Å². The van der Waals surface area contributed by atoms with Crippen molar-refractivity contribution in [2.24, 2.45) is 5.92 Å². The zero-order chi connectivity index (χ0) is 21.8. The average molecular weight is 436 g/mol. The summed E-state index contributed by atoms with van der Waals surface area (Å²) in [5, 5.41) is 7.12. The van der Waals surface area contributed by atoms with E-state index in [1.807, 2.05) is 0 Å². The van der Waals surface area contributed by atoms with E-state index in [1.54, 1.807) is 12.3 Å². The summed E-state index contributed by atoms with van der Waals surface area (Å²) in [6.07, 6.45) is -0.349. The Bertz CT molecular complexity index is 721. The average Bonchev–Trinajstić information content (AvgIpc) is 3.11. The van der Waals surface area contributed by atoms with Crippen molar-refractivity contribution < 1.29 is 41.7 Å². The summed E-state index contributed by atoms with van der Waals surface area (Å²) in [4.78, 5) is 15.4. The fourth-order valence-electron chi connectivity index (χ4n) is 3.98. The van der Waals surface area contributed by atoms with Gasteiger partial charge in [0.15, 0.2) is 5.82 Å². The van der Waals surface area contributed by atoms with Crippen LogP contribution in [0.4, 0.5) is 17.6 Å². The smallest absolute Gasteiger partial charge is 0.475 e. The summed E-state index contributed by atoms with van der Waals surface area (Å²) in [6.45, 7) is 4.86. The molecule has 7 nitrogen and oxygen atoms in total. The van der Waals surface area contributed by atoms with Gasteiger partial charge in [-0.3, -0.25) is 4.90 Å². The number of carboxylic acid groups (broad SMARTS) is 1. The highest BCUT2D eigenvalue weighted by Crippen LogP contribution is 2.42. The van der Waals surface area contributed by atoms with Crippen molar-refractivity contribution in [2.75, 3.05) is 39.5 Å². The van der Waals surface area contributed by atoms with E-state index in [1.165, 1.54) is 6.07 Å². The van der Waals surface area contributed by atoms with Gasteiger partial charge in [-0.2, -0.15) is 13.2 Å². The second-order valence-electron chi connectivity index (χ2n) is 7.55. The van der Waals surface area contributed by atoms with E-state index in [2.05, 4.69) is 9.88 Å². The maximum Gasteiger partial charge on any atom is 0.490 e. The standard InChI is InChI=1S/C17H23FN2O3.C2HF3O2/c18-15-2-1-6-19-16(15)22-10-13-3-9-23-17(13)11-20(12-17)14-4-7-21-8-5-14;3-2(4,5)1(6)7/h1-2,6,13-14H,3-5,7-12H2;(H,6,7). The van der Waals surface area contributed by atoms with Crippen LogP contribution in [0.5, 0.6) is 5.88 Å². The van der Waals surface area contributed by atoms with E-state index in [0.717, 1.165) is 52.2 Å². The molecule has 1 N–H and O–H groups in total. The molecule has 1 atom stereocenters. The quantitative estimate of drug-likeness (QED) is 0.727. The van der Waals surface area contributed by atoms with E-state index in [4.69, 9.17) is 24.1 Å². The number of carboxylic acids is 1. The van der Waals surface area contributed by atoms with E-state index in [9.17, 15) is 17.6 Å². The first-order chi connectivity index (χ1) is 14.2. The van der Waals surface area contributed by atoms with Gasteiger partial charge in [0.05, 0.1) is 12.2 Å². The number of pyridine rings is 1. The van der Waals surface area contributed by atoms with Crippen LogP contribution in [0, 0.1) is 11.7 Å². The first kappa shape index (κ1) is 22.7. The Labute approximate surface area is 170 Å². The molecule has 4 rings (SSSR count). The lowest BCUT2D eigenvalue weighted by atomic mass is 9.79. The van der Waals surface area contributed by atoms with Gasteiger partial charge in [0, 0.05) is 51.1 Å². The highest BCUT2D eigenvalue weighted by atomic mass is 19.4. The van der Waals surface area contributed by atoms with Gasteiger partial charge in [0.2, 0.25) is 5.88 Å². The molecule has 30 heavy (non-hydrogen) atoms. The number of hydrogen-bond donors (Lipinski definition) is 1. The molecule has 3 aliphatic heterocycles. The van der Waals surface area contributed by atoms with Crippen LogP contribution in [-0.4, -0.2) is 78.3 Å². The minimum absolute atomic E-state index is 0.0927. The van der Waals surface area contributed by atoms with Crippen LogP contribution < -0.4 is 4.74 Å². The van der Waals surface area contributed by atoms with Crippen LogP contribution in [0.15, 0.2) is 18.3 Å². The summed E-state index contributed by atoms with van der Waals surface area (Å²) in [5.74, 6) is -2.76. The summed E-state index contributed by atoms with van der Waals surface area (Å²) < 4.78 is 62.5. The number of rotatable bonds is 4. The Kier molecular flexibility index (Phi) is 7.14. The lowest BCUT2D eigenvalue weighted by Crippen LogP contribution is -2.68. The zero-order valence-electron chi connectivity index (χ0n) is 16.2. The van der Waals surface area contributed by atoms with Crippen molar-refractivity contribution in [1.82, 2.24) is 9.88 Å². The number of carbonyl (C=O) groups is 1. The predicted molar refractivity (Wildman–Crippen MR) is 95.6 cm³/mol. The monoisotopic (exact) mass is 436 g/mol. The molecule has 0 aromatic carbocycles. The second-order valence-corrected chi connectivity index (χ2v) is 7.55. The van der Waals surface area contributed by atoms with E-state index in [0.29, 0.717) is 18.6 Å². The lowest BCUT2D eigenvalue weighted by molar-refractivity contribution is -0.192. The van der Waals surface area contributed by atoms with Gasteiger partial charge in [-0.15, -0.1) is 0 Å². The van der Waals surface area contributed by atoms with E-state index in [-0.39, 0.29) is 11.5 Å². The van der Waals surface area contributed by atoms with E-state index >= 15 is 0 Å². The number of hydrogen-bond acceptors (Lipinski definition) is 6. The maximum absolute atomic E-state index is 13.6. The molecule has 3 saturated heterocycles.